The Balaban J connectivity index is 1.74. The van der Waals surface area contributed by atoms with Crippen LogP contribution in [-0.4, -0.2) is 37.4 Å². The second-order valence-corrected chi connectivity index (χ2v) is 8.96. The number of aromatic amines is 2. The van der Waals surface area contributed by atoms with Gasteiger partial charge in [0.05, 0.1) is 25.6 Å². The van der Waals surface area contributed by atoms with Crippen LogP contribution in [0.25, 0.3) is 28.0 Å². The molecule has 4 rings (SSSR count). The highest BCUT2D eigenvalue weighted by Gasteiger charge is 2.26. The van der Waals surface area contributed by atoms with Gasteiger partial charge in [0.1, 0.15) is 17.3 Å². The first-order valence-corrected chi connectivity index (χ1v) is 12.0. The van der Waals surface area contributed by atoms with Crippen molar-refractivity contribution in [1.29, 1.82) is 0 Å². The number of nitrogens with one attached hydrogen (secondary N) is 2. The first kappa shape index (κ1) is 26.8. The minimum Gasteiger partial charge on any atom is -0.503 e. The van der Waals surface area contributed by atoms with Crippen molar-refractivity contribution < 1.29 is 27.6 Å². The molecule has 0 unspecified atom stereocenters. The van der Waals surface area contributed by atoms with Crippen LogP contribution in [0.5, 0.6) is 11.5 Å². The van der Waals surface area contributed by atoms with Crippen molar-refractivity contribution in [2.24, 2.45) is 0 Å². The Hall–Kier alpha value is -4.27. The van der Waals surface area contributed by atoms with Gasteiger partial charge in [0.25, 0.3) is 0 Å². The summed E-state index contributed by atoms with van der Waals surface area (Å²) in [6.07, 6.45) is 1.11. The fourth-order valence-electron chi connectivity index (χ4n) is 4.83. The SMILES string of the molecule is COc1ccc(-c2c(C)[nH]c(C(=O)/C=C(/OB(F)F)c3[nH]c(C)c(-c4ccc(OC)cc4)c3C)c2C)cc1. The smallest absolute Gasteiger partial charge is 0.503 e. The van der Waals surface area contributed by atoms with Crippen molar-refractivity contribution in [3.05, 3.63) is 88.5 Å². The fraction of sp³-hybridized carbons (Fsp3) is 0.207. The Morgan fingerprint density at radius 3 is 1.58 bits per heavy atom. The van der Waals surface area contributed by atoms with E-state index in [1.54, 1.807) is 21.1 Å². The molecule has 0 aliphatic rings. The van der Waals surface area contributed by atoms with Gasteiger partial charge < -0.3 is 24.1 Å². The molecule has 0 fully saturated rings. The van der Waals surface area contributed by atoms with E-state index in [1.807, 2.05) is 69.3 Å². The van der Waals surface area contributed by atoms with E-state index in [9.17, 15) is 13.4 Å². The molecule has 0 radical (unpaired) electrons. The van der Waals surface area contributed by atoms with Gasteiger partial charge in [0.15, 0.2) is 0 Å². The number of aromatic nitrogens is 2. The molecule has 2 heterocycles. The van der Waals surface area contributed by atoms with Gasteiger partial charge in [0, 0.05) is 28.6 Å². The van der Waals surface area contributed by atoms with Crippen LogP contribution in [-0.2, 0) is 4.65 Å². The van der Waals surface area contributed by atoms with Gasteiger partial charge in [-0.3, -0.25) is 4.79 Å². The van der Waals surface area contributed by atoms with Crippen LogP contribution in [0.1, 0.15) is 38.7 Å². The largest absolute Gasteiger partial charge is 0.796 e. The Morgan fingerprint density at radius 2 is 1.16 bits per heavy atom. The summed E-state index contributed by atoms with van der Waals surface area (Å²) < 4.78 is 42.3. The molecule has 6 nitrogen and oxygen atoms in total. The second-order valence-electron chi connectivity index (χ2n) is 8.96. The van der Waals surface area contributed by atoms with E-state index in [0.717, 1.165) is 45.5 Å². The monoisotopic (exact) mass is 518 g/mol. The Kier molecular flexibility index (Phi) is 7.76. The molecule has 0 aliphatic carbocycles. The first-order chi connectivity index (χ1) is 18.1. The zero-order chi connectivity index (χ0) is 27.6. The van der Waals surface area contributed by atoms with Crippen molar-refractivity contribution in [1.82, 2.24) is 9.97 Å². The maximum absolute atomic E-state index is 13.5. The molecule has 0 saturated heterocycles. The summed E-state index contributed by atoms with van der Waals surface area (Å²) >= 11 is 0. The molecule has 9 heteroatoms. The van der Waals surface area contributed by atoms with Crippen molar-refractivity contribution in [3.8, 4) is 33.8 Å². The number of carbonyl (C=O) groups excluding carboxylic acids is 1. The normalized spacial score (nSPS) is 11.4. The lowest BCUT2D eigenvalue weighted by Crippen LogP contribution is -2.08. The predicted molar refractivity (Wildman–Crippen MR) is 146 cm³/mol. The minimum absolute atomic E-state index is 0.233. The molecule has 2 N–H and O–H groups in total. The van der Waals surface area contributed by atoms with Crippen LogP contribution >= 0.6 is 0 Å². The van der Waals surface area contributed by atoms with Gasteiger partial charge in [-0.05, 0) is 74.2 Å². The molecule has 196 valence electrons. The van der Waals surface area contributed by atoms with Crippen LogP contribution in [0.2, 0.25) is 0 Å². The number of ketones is 1. The van der Waals surface area contributed by atoms with E-state index in [1.165, 1.54) is 0 Å². The van der Waals surface area contributed by atoms with Gasteiger partial charge >= 0.3 is 7.47 Å². The Morgan fingerprint density at radius 1 is 0.737 bits per heavy atom. The van der Waals surface area contributed by atoms with Crippen molar-refractivity contribution in [2.45, 2.75) is 27.7 Å². The molecule has 0 amide bonds. The van der Waals surface area contributed by atoms with E-state index in [4.69, 9.17) is 14.1 Å². The maximum atomic E-state index is 13.5. The minimum atomic E-state index is -3.11. The third-order valence-electron chi connectivity index (χ3n) is 6.60. The van der Waals surface area contributed by atoms with Gasteiger partial charge in [-0.15, -0.1) is 0 Å². The number of ether oxygens (including phenoxy) is 2. The summed E-state index contributed by atoms with van der Waals surface area (Å²) in [6.45, 7) is 7.34. The summed E-state index contributed by atoms with van der Waals surface area (Å²) in [6, 6.07) is 14.9. The molecule has 0 spiro atoms. The zero-order valence-electron chi connectivity index (χ0n) is 22.2. The third kappa shape index (κ3) is 5.23. The van der Waals surface area contributed by atoms with Crippen LogP contribution in [0.3, 0.4) is 0 Å². The van der Waals surface area contributed by atoms with Crippen LogP contribution in [0.4, 0.5) is 8.63 Å². The highest BCUT2D eigenvalue weighted by molar-refractivity contribution is 6.36. The highest BCUT2D eigenvalue weighted by atomic mass is 19.2. The number of rotatable bonds is 9. The number of methoxy groups -OCH3 is 2. The van der Waals surface area contributed by atoms with E-state index < -0.39 is 13.3 Å². The number of H-pyrrole nitrogens is 2. The third-order valence-corrected chi connectivity index (χ3v) is 6.60. The molecule has 38 heavy (non-hydrogen) atoms. The standard InChI is InChI=1S/C29H29BF2N2O4/c1-16-26(20-7-11-22(36-5)12-8-20)18(3)33-28(16)24(35)15-25(38-30(31)32)29-17(2)27(19(4)34-29)21-9-13-23(37-6)14-10-21/h7-15,33-34H,1-6H3/b25-15+. The van der Waals surface area contributed by atoms with Crippen LogP contribution in [0, 0.1) is 27.7 Å². The number of carbonyl (C=O) groups is 1. The van der Waals surface area contributed by atoms with Gasteiger partial charge in [-0.25, -0.2) is 8.63 Å². The molecule has 2 aromatic heterocycles. The Labute approximate surface area is 220 Å². The van der Waals surface area contributed by atoms with Crippen molar-refractivity contribution >= 4 is 19.0 Å². The topological polar surface area (TPSA) is 76.3 Å². The quantitative estimate of drug-likeness (QED) is 0.107. The lowest BCUT2D eigenvalue weighted by atomic mass is 9.99. The number of hydrogen-bond acceptors (Lipinski definition) is 4. The molecule has 0 atom stereocenters. The van der Waals surface area contributed by atoms with Crippen molar-refractivity contribution in [2.75, 3.05) is 14.2 Å². The van der Waals surface area contributed by atoms with E-state index in [-0.39, 0.29) is 5.76 Å². The van der Waals surface area contributed by atoms with E-state index in [0.29, 0.717) is 28.3 Å². The van der Waals surface area contributed by atoms with Gasteiger partial charge in [0.2, 0.25) is 5.78 Å². The van der Waals surface area contributed by atoms with Crippen molar-refractivity contribution in [3.63, 3.8) is 0 Å². The lowest BCUT2D eigenvalue weighted by Gasteiger charge is -2.09. The van der Waals surface area contributed by atoms with Gasteiger partial charge in [-0.1, -0.05) is 24.3 Å². The van der Waals surface area contributed by atoms with Crippen LogP contribution in [0.15, 0.2) is 54.6 Å². The van der Waals surface area contributed by atoms with E-state index in [2.05, 4.69) is 9.97 Å². The molecular formula is C29H29BF2N2O4. The second kappa shape index (κ2) is 11.0. The molecule has 0 aliphatic heterocycles. The average Bonchev–Trinajstić information content (AvgIpc) is 3.37. The number of aryl methyl sites for hydroxylation is 2. The Bertz CT molecular complexity index is 1490. The average molecular weight is 518 g/mol. The number of hydrogen-bond donors (Lipinski definition) is 2. The summed E-state index contributed by atoms with van der Waals surface area (Å²) in [5.41, 5.74) is 7.06. The summed E-state index contributed by atoms with van der Waals surface area (Å²) in [5.74, 6) is 0.720. The van der Waals surface area contributed by atoms with Gasteiger partial charge in [-0.2, -0.15) is 0 Å². The van der Waals surface area contributed by atoms with E-state index >= 15 is 0 Å². The molecule has 0 saturated carbocycles. The first-order valence-electron chi connectivity index (χ1n) is 12.0. The summed E-state index contributed by atoms with van der Waals surface area (Å²) in [4.78, 5) is 19.7. The zero-order valence-corrected chi connectivity index (χ0v) is 22.2. The molecule has 0 bridgehead atoms. The highest BCUT2D eigenvalue weighted by Crippen LogP contribution is 2.35. The number of benzene rings is 2. The fourth-order valence-corrected chi connectivity index (χ4v) is 4.83. The maximum Gasteiger partial charge on any atom is 0.796 e. The lowest BCUT2D eigenvalue weighted by molar-refractivity contribution is 0.104. The van der Waals surface area contributed by atoms with Crippen LogP contribution < -0.4 is 9.47 Å². The molecule has 2 aromatic carbocycles. The number of halogens is 2. The number of allylic oxidation sites excluding steroid dienone is 1. The summed E-state index contributed by atoms with van der Waals surface area (Å²) in [5, 5.41) is 0. The summed E-state index contributed by atoms with van der Waals surface area (Å²) in [7, 11) is 0.0724. The molecule has 4 aromatic rings. The predicted octanol–water partition coefficient (Wildman–Crippen LogP) is 7.09. The molecular weight excluding hydrogens is 489 g/mol.